The molecule has 104 valence electrons. The molecule has 1 N–H and O–H groups in total. The number of ether oxygens (including phenoxy) is 1. The Kier molecular flexibility index (Phi) is 3.94. The van der Waals surface area contributed by atoms with Gasteiger partial charge in [-0.25, -0.2) is 9.97 Å². The molecule has 1 aromatic heterocycles. The Hall–Kier alpha value is -1.20. The molecule has 0 amide bonds. The van der Waals surface area contributed by atoms with E-state index in [1.54, 1.807) is 7.11 Å². The zero-order valence-corrected chi connectivity index (χ0v) is 11.5. The molecular formula is C14H22N4O. The number of hydrogen-bond donors (Lipinski definition) is 1. The van der Waals surface area contributed by atoms with Gasteiger partial charge in [0.1, 0.15) is 0 Å². The van der Waals surface area contributed by atoms with Gasteiger partial charge in [0, 0.05) is 44.7 Å². The number of aromatic nitrogens is 2. The summed E-state index contributed by atoms with van der Waals surface area (Å²) in [6, 6.07) is 3.16. The van der Waals surface area contributed by atoms with Gasteiger partial charge in [0.15, 0.2) is 0 Å². The van der Waals surface area contributed by atoms with Crippen molar-refractivity contribution in [2.75, 3.05) is 25.1 Å². The van der Waals surface area contributed by atoms with Crippen molar-refractivity contribution in [2.45, 2.75) is 43.9 Å². The normalized spacial score (nSPS) is 28.2. The smallest absolute Gasteiger partial charge is 0.225 e. The second-order valence-corrected chi connectivity index (χ2v) is 5.50. The first-order valence-electron chi connectivity index (χ1n) is 7.16. The number of nitrogens with one attached hydrogen (secondary N) is 1. The van der Waals surface area contributed by atoms with E-state index in [9.17, 15) is 0 Å². The summed E-state index contributed by atoms with van der Waals surface area (Å²) in [5, 5.41) is 3.74. The van der Waals surface area contributed by atoms with Gasteiger partial charge in [0.2, 0.25) is 5.95 Å². The Bertz CT molecular complexity index is 386. The second-order valence-electron chi connectivity index (χ2n) is 5.50. The number of hydrogen-bond acceptors (Lipinski definition) is 5. The van der Waals surface area contributed by atoms with Crippen LogP contribution >= 0.6 is 0 Å². The molecule has 2 heterocycles. The lowest BCUT2D eigenvalue weighted by Crippen LogP contribution is -2.52. The van der Waals surface area contributed by atoms with Crippen LogP contribution in [-0.4, -0.2) is 48.4 Å². The van der Waals surface area contributed by atoms with Gasteiger partial charge in [-0.1, -0.05) is 0 Å². The summed E-state index contributed by atoms with van der Waals surface area (Å²) in [6.45, 7) is 2.09. The first-order valence-corrected chi connectivity index (χ1v) is 7.16. The zero-order chi connectivity index (χ0) is 13.1. The van der Waals surface area contributed by atoms with Crippen molar-refractivity contribution in [1.29, 1.82) is 0 Å². The van der Waals surface area contributed by atoms with E-state index < -0.39 is 0 Å². The van der Waals surface area contributed by atoms with E-state index in [1.807, 2.05) is 18.5 Å². The molecule has 0 spiro atoms. The summed E-state index contributed by atoms with van der Waals surface area (Å²) < 4.78 is 5.32. The molecule has 0 bridgehead atoms. The Labute approximate surface area is 114 Å². The van der Waals surface area contributed by atoms with Crippen LogP contribution in [0, 0.1) is 0 Å². The average Bonchev–Trinajstić information content (AvgIpc) is 2.44. The molecule has 0 unspecified atom stereocenters. The Morgan fingerprint density at radius 2 is 1.84 bits per heavy atom. The SMILES string of the molecule is COC1CC(NC2CCN(c3ncccn3)CC2)C1. The number of rotatable bonds is 4. The lowest BCUT2D eigenvalue weighted by Gasteiger charge is -2.40. The number of nitrogens with zero attached hydrogens (tertiary/aromatic N) is 3. The topological polar surface area (TPSA) is 50.3 Å². The van der Waals surface area contributed by atoms with Crippen molar-refractivity contribution >= 4 is 5.95 Å². The molecule has 0 atom stereocenters. The minimum Gasteiger partial charge on any atom is -0.381 e. The maximum Gasteiger partial charge on any atom is 0.225 e. The van der Waals surface area contributed by atoms with Gasteiger partial charge in [-0.3, -0.25) is 0 Å². The highest BCUT2D eigenvalue weighted by Gasteiger charge is 2.31. The lowest BCUT2D eigenvalue weighted by atomic mass is 9.88. The molecule has 1 aromatic rings. The van der Waals surface area contributed by atoms with Crippen LogP contribution in [0.4, 0.5) is 5.95 Å². The van der Waals surface area contributed by atoms with Gasteiger partial charge in [0.25, 0.3) is 0 Å². The van der Waals surface area contributed by atoms with Gasteiger partial charge in [-0.2, -0.15) is 0 Å². The van der Waals surface area contributed by atoms with Crippen LogP contribution in [-0.2, 0) is 4.74 Å². The van der Waals surface area contributed by atoms with Crippen LogP contribution in [0.2, 0.25) is 0 Å². The van der Waals surface area contributed by atoms with Crippen LogP contribution < -0.4 is 10.2 Å². The maximum atomic E-state index is 5.32. The first-order chi connectivity index (χ1) is 9.35. The summed E-state index contributed by atoms with van der Waals surface area (Å²) in [4.78, 5) is 10.9. The minimum absolute atomic E-state index is 0.482. The van der Waals surface area contributed by atoms with Gasteiger partial charge in [0.05, 0.1) is 6.10 Å². The fourth-order valence-corrected chi connectivity index (χ4v) is 2.93. The van der Waals surface area contributed by atoms with E-state index in [1.165, 1.54) is 25.7 Å². The third-order valence-corrected chi connectivity index (χ3v) is 4.23. The highest BCUT2D eigenvalue weighted by molar-refractivity contribution is 5.29. The van der Waals surface area contributed by atoms with Crippen LogP contribution in [0.15, 0.2) is 18.5 Å². The predicted octanol–water partition coefficient (Wildman–Crippen LogP) is 1.21. The standard InChI is InChI=1S/C14H22N4O/c1-19-13-9-12(10-13)17-11-3-7-18(8-4-11)14-15-5-2-6-16-14/h2,5-6,11-13,17H,3-4,7-10H2,1H3. The highest BCUT2D eigenvalue weighted by atomic mass is 16.5. The predicted molar refractivity (Wildman–Crippen MR) is 74.2 cm³/mol. The van der Waals surface area contributed by atoms with E-state index in [4.69, 9.17) is 4.74 Å². The number of methoxy groups -OCH3 is 1. The molecule has 5 nitrogen and oxygen atoms in total. The maximum absolute atomic E-state index is 5.32. The molecular weight excluding hydrogens is 240 g/mol. The van der Waals surface area contributed by atoms with Crippen molar-refractivity contribution in [2.24, 2.45) is 0 Å². The Morgan fingerprint density at radius 1 is 1.16 bits per heavy atom. The lowest BCUT2D eigenvalue weighted by molar-refractivity contribution is 0.0133. The average molecular weight is 262 g/mol. The molecule has 2 aliphatic rings. The molecule has 5 heteroatoms. The third-order valence-electron chi connectivity index (χ3n) is 4.23. The molecule has 1 aliphatic carbocycles. The van der Waals surface area contributed by atoms with E-state index in [0.29, 0.717) is 18.2 Å². The Morgan fingerprint density at radius 3 is 2.47 bits per heavy atom. The van der Waals surface area contributed by atoms with Crippen molar-refractivity contribution < 1.29 is 4.74 Å². The molecule has 3 rings (SSSR count). The molecule has 1 saturated heterocycles. The van der Waals surface area contributed by atoms with Crippen molar-refractivity contribution in [3.8, 4) is 0 Å². The monoisotopic (exact) mass is 262 g/mol. The third kappa shape index (κ3) is 3.04. The first kappa shape index (κ1) is 12.8. The molecule has 2 fully saturated rings. The quantitative estimate of drug-likeness (QED) is 0.884. The van der Waals surface area contributed by atoms with Crippen molar-refractivity contribution in [3.63, 3.8) is 0 Å². The largest absolute Gasteiger partial charge is 0.381 e. The fraction of sp³-hybridized carbons (Fsp3) is 0.714. The van der Waals surface area contributed by atoms with E-state index in [2.05, 4.69) is 20.2 Å². The second kappa shape index (κ2) is 5.84. The van der Waals surface area contributed by atoms with Gasteiger partial charge < -0.3 is 15.0 Å². The van der Waals surface area contributed by atoms with Crippen LogP contribution in [0.25, 0.3) is 0 Å². The minimum atomic E-state index is 0.482. The molecule has 0 radical (unpaired) electrons. The Balaban J connectivity index is 1.43. The summed E-state index contributed by atoms with van der Waals surface area (Å²) in [5.74, 6) is 0.865. The number of anilines is 1. The van der Waals surface area contributed by atoms with Crippen molar-refractivity contribution in [1.82, 2.24) is 15.3 Å². The van der Waals surface area contributed by atoms with E-state index in [0.717, 1.165) is 19.0 Å². The van der Waals surface area contributed by atoms with Gasteiger partial charge in [-0.15, -0.1) is 0 Å². The van der Waals surface area contributed by atoms with Crippen LogP contribution in [0.1, 0.15) is 25.7 Å². The zero-order valence-electron chi connectivity index (χ0n) is 11.5. The van der Waals surface area contributed by atoms with Gasteiger partial charge in [-0.05, 0) is 31.7 Å². The molecule has 0 aromatic carbocycles. The summed E-state index contributed by atoms with van der Waals surface area (Å²) in [7, 11) is 1.80. The molecule has 1 saturated carbocycles. The fourth-order valence-electron chi connectivity index (χ4n) is 2.93. The summed E-state index contributed by atoms with van der Waals surface area (Å²) in [6.07, 6.45) is 8.78. The van der Waals surface area contributed by atoms with Crippen LogP contribution in [0.5, 0.6) is 0 Å². The highest BCUT2D eigenvalue weighted by Crippen LogP contribution is 2.25. The molecule has 1 aliphatic heterocycles. The van der Waals surface area contributed by atoms with Crippen LogP contribution in [0.3, 0.4) is 0 Å². The summed E-state index contributed by atoms with van der Waals surface area (Å²) in [5.41, 5.74) is 0. The molecule has 19 heavy (non-hydrogen) atoms. The van der Waals surface area contributed by atoms with Gasteiger partial charge >= 0.3 is 0 Å². The summed E-state index contributed by atoms with van der Waals surface area (Å²) >= 11 is 0. The van der Waals surface area contributed by atoms with E-state index >= 15 is 0 Å². The van der Waals surface area contributed by atoms with E-state index in [-0.39, 0.29) is 0 Å². The van der Waals surface area contributed by atoms with Crippen molar-refractivity contribution in [3.05, 3.63) is 18.5 Å². The number of piperidine rings is 1.